The van der Waals surface area contributed by atoms with E-state index in [2.05, 4.69) is 21.4 Å². The maximum Gasteiger partial charge on any atom is 0.0991 e. The van der Waals surface area contributed by atoms with E-state index in [0.29, 0.717) is 11.6 Å². The smallest absolute Gasteiger partial charge is 0.0991 e. The molecule has 1 aliphatic carbocycles. The summed E-state index contributed by atoms with van der Waals surface area (Å²) in [6.45, 7) is 0.753. The van der Waals surface area contributed by atoms with Crippen LogP contribution in [0.3, 0.4) is 0 Å². The highest BCUT2D eigenvalue weighted by Gasteiger charge is 2.14. The van der Waals surface area contributed by atoms with Crippen molar-refractivity contribution in [3.8, 4) is 17.3 Å². The largest absolute Gasteiger partial charge is 0.308 e. The number of nitriles is 1. The van der Waals surface area contributed by atoms with Gasteiger partial charge >= 0.3 is 0 Å². The second kappa shape index (κ2) is 6.47. The molecule has 0 unspecified atom stereocenters. The lowest BCUT2D eigenvalue weighted by Crippen LogP contribution is -2.25. The number of nitrogens with one attached hydrogen (secondary N) is 1. The van der Waals surface area contributed by atoms with Crippen LogP contribution >= 0.6 is 0 Å². The van der Waals surface area contributed by atoms with Gasteiger partial charge < -0.3 is 5.32 Å². The van der Waals surface area contributed by atoms with E-state index in [-0.39, 0.29) is 0 Å². The average molecular weight is 278 g/mol. The van der Waals surface area contributed by atoms with Crippen LogP contribution in [0.25, 0.3) is 11.3 Å². The van der Waals surface area contributed by atoms with Gasteiger partial charge in [-0.25, -0.2) is 4.98 Å². The molecule has 4 heteroatoms. The highest BCUT2D eigenvalue weighted by molar-refractivity contribution is 5.60. The van der Waals surface area contributed by atoms with Gasteiger partial charge in [0.15, 0.2) is 0 Å². The Hall–Kier alpha value is -2.25. The topological polar surface area (TPSA) is 61.6 Å². The Balaban J connectivity index is 1.74. The maximum atomic E-state index is 8.97. The summed E-state index contributed by atoms with van der Waals surface area (Å²) in [6.07, 6.45) is 8.72. The molecule has 0 aliphatic heterocycles. The molecule has 0 amide bonds. The van der Waals surface area contributed by atoms with Crippen molar-refractivity contribution in [2.75, 3.05) is 0 Å². The van der Waals surface area contributed by atoms with Crippen LogP contribution in [0, 0.1) is 11.3 Å². The van der Waals surface area contributed by atoms with Crippen LogP contribution in [-0.2, 0) is 6.54 Å². The van der Waals surface area contributed by atoms with Gasteiger partial charge in [0, 0.05) is 24.3 Å². The van der Waals surface area contributed by atoms with Crippen molar-refractivity contribution < 1.29 is 0 Å². The third kappa shape index (κ3) is 3.45. The summed E-state index contributed by atoms with van der Waals surface area (Å²) in [5.74, 6) is 0. The van der Waals surface area contributed by atoms with Crippen molar-refractivity contribution in [1.29, 1.82) is 5.26 Å². The molecular weight excluding hydrogens is 260 g/mol. The number of rotatable bonds is 4. The second-order valence-electron chi connectivity index (χ2n) is 5.45. The minimum atomic E-state index is 0.623. The lowest BCUT2D eigenvalue weighted by Gasteiger charge is -2.11. The molecule has 0 radical (unpaired) electrons. The summed E-state index contributed by atoms with van der Waals surface area (Å²) < 4.78 is 0. The van der Waals surface area contributed by atoms with Crippen molar-refractivity contribution in [3.05, 3.63) is 47.9 Å². The molecule has 106 valence electrons. The number of nitrogens with zero attached hydrogens (tertiary/aromatic N) is 3. The Morgan fingerprint density at radius 3 is 2.90 bits per heavy atom. The molecule has 2 aromatic rings. The average Bonchev–Trinajstić information content (AvgIpc) is 3.07. The van der Waals surface area contributed by atoms with Crippen molar-refractivity contribution in [2.45, 2.75) is 38.3 Å². The Morgan fingerprint density at radius 2 is 2.10 bits per heavy atom. The molecule has 0 spiro atoms. The molecule has 4 nitrogen and oxygen atoms in total. The fourth-order valence-corrected chi connectivity index (χ4v) is 2.76. The highest BCUT2D eigenvalue weighted by atomic mass is 14.9. The molecule has 1 N–H and O–H groups in total. The Bertz CT molecular complexity index is 654. The SMILES string of the molecule is N#Cc1cccc(-c2cncc(CNC3CCCC3)n2)c1. The first kappa shape index (κ1) is 13.7. The summed E-state index contributed by atoms with van der Waals surface area (Å²) in [7, 11) is 0. The third-order valence-electron chi connectivity index (χ3n) is 3.90. The molecule has 1 saturated carbocycles. The zero-order valence-corrected chi connectivity index (χ0v) is 11.9. The van der Waals surface area contributed by atoms with Crippen LogP contribution in [0.4, 0.5) is 0 Å². The lowest BCUT2D eigenvalue weighted by molar-refractivity contribution is 0.519. The van der Waals surface area contributed by atoms with Crippen molar-refractivity contribution in [2.24, 2.45) is 0 Å². The molecule has 1 aromatic carbocycles. The molecule has 1 aliphatic rings. The van der Waals surface area contributed by atoms with Crippen LogP contribution in [0.5, 0.6) is 0 Å². The molecular formula is C17H18N4. The van der Waals surface area contributed by atoms with Gasteiger partial charge in [0.05, 0.1) is 29.2 Å². The molecule has 0 bridgehead atoms. The standard InChI is InChI=1S/C17H18N4/c18-9-13-4-3-5-14(8-13)17-12-19-10-16(21-17)11-20-15-6-1-2-7-15/h3-5,8,10,12,15,20H,1-2,6-7,11H2. The molecule has 1 fully saturated rings. The Morgan fingerprint density at radius 1 is 1.24 bits per heavy atom. The quantitative estimate of drug-likeness (QED) is 0.933. The van der Waals surface area contributed by atoms with Crippen molar-refractivity contribution in [1.82, 2.24) is 15.3 Å². The summed E-state index contributed by atoms with van der Waals surface area (Å²) in [6, 6.07) is 10.2. The van der Waals surface area contributed by atoms with Gasteiger partial charge in [-0.15, -0.1) is 0 Å². The minimum absolute atomic E-state index is 0.623. The molecule has 1 aromatic heterocycles. The van der Waals surface area contributed by atoms with Gasteiger partial charge in [0.25, 0.3) is 0 Å². The summed E-state index contributed by atoms with van der Waals surface area (Å²) in [5.41, 5.74) is 3.34. The van der Waals surface area contributed by atoms with Gasteiger partial charge in [-0.2, -0.15) is 5.26 Å². The van der Waals surface area contributed by atoms with Gasteiger partial charge in [0.1, 0.15) is 0 Å². The molecule has 3 rings (SSSR count). The summed E-state index contributed by atoms with van der Waals surface area (Å²) >= 11 is 0. The van der Waals surface area contributed by atoms with E-state index in [9.17, 15) is 0 Å². The predicted molar refractivity (Wildman–Crippen MR) is 81.3 cm³/mol. The van der Waals surface area contributed by atoms with E-state index >= 15 is 0 Å². The number of aromatic nitrogens is 2. The van der Waals surface area contributed by atoms with Crippen LogP contribution < -0.4 is 5.32 Å². The fourth-order valence-electron chi connectivity index (χ4n) is 2.76. The van der Waals surface area contributed by atoms with Gasteiger partial charge in [0.2, 0.25) is 0 Å². The van der Waals surface area contributed by atoms with Gasteiger partial charge in [-0.3, -0.25) is 4.98 Å². The third-order valence-corrected chi connectivity index (χ3v) is 3.90. The van der Waals surface area contributed by atoms with Crippen molar-refractivity contribution in [3.63, 3.8) is 0 Å². The molecule has 0 atom stereocenters. The molecule has 21 heavy (non-hydrogen) atoms. The maximum absolute atomic E-state index is 8.97. The predicted octanol–water partition coefficient (Wildman–Crippen LogP) is 3.05. The number of hydrogen-bond donors (Lipinski definition) is 1. The summed E-state index contributed by atoms with van der Waals surface area (Å²) in [5, 5.41) is 12.5. The fraction of sp³-hybridized carbons (Fsp3) is 0.353. The zero-order valence-electron chi connectivity index (χ0n) is 11.9. The van der Waals surface area contributed by atoms with Crippen LogP contribution in [0.1, 0.15) is 36.9 Å². The van der Waals surface area contributed by atoms with E-state index < -0.39 is 0 Å². The van der Waals surface area contributed by atoms with E-state index in [0.717, 1.165) is 23.5 Å². The molecule has 1 heterocycles. The normalized spacial score (nSPS) is 15.0. The van der Waals surface area contributed by atoms with Crippen LogP contribution in [-0.4, -0.2) is 16.0 Å². The van der Waals surface area contributed by atoms with E-state index in [1.807, 2.05) is 18.2 Å². The van der Waals surface area contributed by atoms with E-state index in [4.69, 9.17) is 5.26 Å². The Labute approximate surface area is 124 Å². The second-order valence-corrected chi connectivity index (χ2v) is 5.45. The Kier molecular flexibility index (Phi) is 4.23. The van der Waals surface area contributed by atoms with Crippen molar-refractivity contribution >= 4 is 0 Å². The summed E-state index contributed by atoms with van der Waals surface area (Å²) in [4.78, 5) is 8.92. The first-order chi connectivity index (χ1) is 10.3. The number of benzene rings is 1. The van der Waals surface area contributed by atoms with Crippen LogP contribution in [0.2, 0.25) is 0 Å². The van der Waals surface area contributed by atoms with E-state index in [1.165, 1.54) is 25.7 Å². The van der Waals surface area contributed by atoms with Gasteiger partial charge in [-0.05, 0) is 25.0 Å². The highest BCUT2D eigenvalue weighted by Crippen LogP contribution is 2.19. The monoisotopic (exact) mass is 278 g/mol. The number of hydrogen-bond acceptors (Lipinski definition) is 4. The first-order valence-corrected chi connectivity index (χ1v) is 7.40. The van der Waals surface area contributed by atoms with Gasteiger partial charge in [-0.1, -0.05) is 25.0 Å². The minimum Gasteiger partial charge on any atom is -0.308 e. The first-order valence-electron chi connectivity index (χ1n) is 7.40. The molecule has 0 saturated heterocycles. The lowest BCUT2D eigenvalue weighted by atomic mass is 10.1. The van der Waals surface area contributed by atoms with E-state index in [1.54, 1.807) is 18.5 Å². The zero-order chi connectivity index (χ0) is 14.5. The van der Waals surface area contributed by atoms with Crippen LogP contribution in [0.15, 0.2) is 36.7 Å².